The van der Waals surface area contributed by atoms with Crippen molar-refractivity contribution in [3.8, 4) is 0 Å². The molecule has 2 heterocycles. The van der Waals surface area contributed by atoms with Crippen LogP contribution in [0.4, 0.5) is 0 Å². The third kappa shape index (κ3) is 1.54. The number of esters is 1. The smallest absolute Gasteiger partial charge is 0.329 e. The molecule has 0 spiro atoms. The van der Waals surface area contributed by atoms with Gasteiger partial charge in [0, 0.05) is 12.0 Å². The summed E-state index contributed by atoms with van der Waals surface area (Å²) in [5.74, 6) is -0.346. The molecular formula is C16H13NO3. The Bertz CT molecular complexity index is 719. The minimum atomic E-state index is -0.397. The number of amides is 1. The number of rotatable bonds is 1. The molecule has 4 nitrogen and oxygen atoms in total. The Labute approximate surface area is 115 Å². The van der Waals surface area contributed by atoms with Crippen LogP contribution in [0.1, 0.15) is 16.8 Å². The zero-order valence-corrected chi connectivity index (χ0v) is 10.8. The Morgan fingerprint density at radius 3 is 2.75 bits per heavy atom. The van der Waals surface area contributed by atoms with Crippen molar-refractivity contribution in [3.05, 3.63) is 48.0 Å². The molecule has 2 fully saturated rings. The summed E-state index contributed by atoms with van der Waals surface area (Å²) in [6.45, 7) is 0.512. The number of hydrogen-bond acceptors (Lipinski definition) is 3. The molecule has 2 bridgehead atoms. The fourth-order valence-electron chi connectivity index (χ4n) is 3.14. The molecule has 2 atom stereocenters. The predicted octanol–water partition coefficient (Wildman–Crippen LogP) is 1.98. The number of fused-ring (bicyclic) bond motifs is 3. The van der Waals surface area contributed by atoms with E-state index in [2.05, 4.69) is 0 Å². The van der Waals surface area contributed by atoms with Crippen LogP contribution in [0.15, 0.2) is 42.5 Å². The lowest BCUT2D eigenvalue weighted by Gasteiger charge is -2.26. The van der Waals surface area contributed by atoms with Crippen LogP contribution >= 0.6 is 0 Å². The van der Waals surface area contributed by atoms with Gasteiger partial charge in [0.2, 0.25) is 0 Å². The molecule has 100 valence electrons. The summed E-state index contributed by atoms with van der Waals surface area (Å²) in [5.41, 5.74) is 0.656. The first-order valence-electron chi connectivity index (χ1n) is 6.73. The molecule has 2 unspecified atom stereocenters. The van der Waals surface area contributed by atoms with E-state index in [-0.39, 0.29) is 18.0 Å². The third-order valence-electron chi connectivity index (χ3n) is 4.10. The molecule has 2 aliphatic rings. The second kappa shape index (κ2) is 4.07. The fourth-order valence-corrected chi connectivity index (χ4v) is 3.14. The number of ether oxygens (including phenoxy) is 1. The Morgan fingerprint density at radius 2 is 1.95 bits per heavy atom. The summed E-state index contributed by atoms with van der Waals surface area (Å²) in [4.78, 5) is 26.0. The summed E-state index contributed by atoms with van der Waals surface area (Å²) in [6, 6.07) is 13.1. The highest BCUT2D eigenvalue weighted by Gasteiger charge is 2.48. The largest absolute Gasteiger partial charge is 0.459 e. The van der Waals surface area contributed by atoms with Crippen molar-refractivity contribution in [1.82, 2.24) is 4.90 Å². The van der Waals surface area contributed by atoms with Crippen LogP contribution in [-0.4, -0.2) is 35.5 Å². The molecule has 4 heteroatoms. The molecule has 0 radical (unpaired) electrons. The first kappa shape index (κ1) is 11.5. The van der Waals surface area contributed by atoms with Gasteiger partial charge in [-0.1, -0.05) is 36.4 Å². The Morgan fingerprint density at radius 1 is 1.15 bits per heavy atom. The zero-order chi connectivity index (χ0) is 13.7. The predicted molar refractivity (Wildman–Crippen MR) is 73.3 cm³/mol. The minimum Gasteiger partial charge on any atom is -0.459 e. The SMILES string of the molecule is O=C1OC2CC1N(C(=O)c1cccc3ccccc13)C2. The first-order valence-corrected chi connectivity index (χ1v) is 6.73. The van der Waals surface area contributed by atoms with E-state index >= 15 is 0 Å². The van der Waals surface area contributed by atoms with Gasteiger partial charge in [-0.25, -0.2) is 4.79 Å². The van der Waals surface area contributed by atoms with Gasteiger partial charge in [-0.15, -0.1) is 0 Å². The number of hydrogen-bond donors (Lipinski definition) is 0. The van der Waals surface area contributed by atoms with Crippen molar-refractivity contribution in [1.29, 1.82) is 0 Å². The van der Waals surface area contributed by atoms with E-state index in [0.29, 0.717) is 18.5 Å². The molecule has 20 heavy (non-hydrogen) atoms. The van der Waals surface area contributed by atoms with Gasteiger partial charge in [0.25, 0.3) is 5.91 Å². The molecule has 2 aliphatic heterocycles. The maximum Gasteiger partial charge on any atom is 0.329 e. The van der Waals surface area contributed by atoms with E-state index in [1.165, 1.54) is 0 Å². The number of nitrogens with zero attached hydrogens (tertiary/aromatic N) is 1. The van der Waals surface area contributed by atoms with Crippen LogP contribution in [0.2, 0.25) is 0 Å². The Balaban J connectivity index is 1.76. The van der Waals surface area contributed by atoms with Crippen LogP contribution < -0.4 is 0 Å². The minimum absolute atomic E-state index is 0.0778. The molecule has 0 aromatic heterocycles. The lowest BCUT2D eigenvalue weighted by molar-refractivity contribution is -0.149. The summed E-state index contributed by atoms with van der Waals surface area (Å²) >= 11 is 0. The second-order valence-electron chi connectivity index (χ2n) is 5.29. The Kier molecular flexibility index (Phi) is 2.33. The van der Waals surface area contributed by atoms with Crippen molar-refractivity contribution in [3.63, 3.8) is 0 Å². The average Bonchev–Trinajstić information content (AvgIpc) is 3.05. The van der Waals surface area contributed by atoms with Crippen LogP contribution in [0.25, 0.3) is 10.8 Å². The van der Waals surface area contributed by atoms with Crippen molar-refractivity contribution in [2.75, 3.05) is 6.54 Å². The molecule has 2 aromatic rings. The highest BCUT2D eigenvalue weighted by atomic mass is 16.6. The van der Waals surface area contributed by atoms with Crippen molar-refractivity contribution in [2.24, 2.45) is 0 Å². The van der Waals surface area contributed by atoms with E-state index in [0.717, 1.165) is 10.8 Å². The van der Waals surface area contributed by atoms with Crippen LogP contribution in [0.3, 0.4) is 0 Å². The molecule has 2 aromatic carbocycles. The highest BCUT2D eigenvalue weighted by molar-refractivity contribution is 6.08. The molecular weight excluding hydrogens is 254 g/mol. The van der Waals surface area contributed by atoms with E-state index in [4.69, 9.17) is 4.74 Å². The van der Waals surface area contributed by atoms with Gasteiger partial charge >= 0.3 is 5.97 Å². The van der Waals surface area contributed by atoms with E-state index < -0.39 is 6.04 Å². The number of benzene rings is 2. The van der Waals surface area contributed by atoms with Crippen LogP contribution in [-0.2, 0) is 9.53 Å². The van der Waals surface area contributed by atoms with Crippen LogP contribution in [0, 0.1) is 0 Å². The molecule has 1 amide bonds. The summed E-state index contributed by atoms with van der Waals surface area (Å²) in [5, 5.41) is 1.96. The van der Waals surface area contributed by atoms with Crippen molar-refractivity contribution < 1.29 is 14.3 Å². The van der Waals surface area contributed by atoms with E-state index in [1.54, 1.807) is 4.90 Å². The monoisotopic (exact) mass is 267 g/mol. The van der Waals surface area contributed by atoms with Gasteiger partial charge in [-0.05, 0) is 16.8 Å². The molecule has 2 saturated heterocycles. The lowest BCUT2D eigenvalue weighted by atomic mass is 10.0. The van der Waals surface area contributed by atoms with Gasteiger partial charge in [-0.3, -0.25) is 4.79 Å². The molecule has 4 rings (SSSR count). The van der Waals surface area contributed by atoms with Crippen molar-refractivity contribution >= 4 is 22.6 Å². The number of carbonyl (C=O) groups is 2. The first-order chi connectivity index (χ1) is 9.74. The van der Waals surface area contributed by atoms with Gasteiger partial charge in [-0.2, -0.15) is 0 Å². The lowest BCUT2D eigenvalue weighted by Crippen LogP contribution is -2.44. The molecule has 0 N–H and O–H groups in total. The number of morpholine rings is 1. The van der Waals surface area contributed by atoms with Gasteiger partial charge in [0.05, 0.1) is 6.54 Å². The zero-order valence-electron chi connectivity index (χ0n) is 10.8. The normalized spacial score (nSPS) is 24.2. The quantitative estimate of drug-likeness (QED) is 0.742. The van der Waals surface area contributed by atoms with E-state index in [9.17, 15) is 9.59 Å². The third-order valence-corrected chi connectivity index (χ3v) is 4.10. The van der Waals surface area contributed by atoms with Gasteiger partial charge in [0.1, 0.15) is 12.1 Å². The summed E-state index contributed by atoms with van der Waals surface area (Å²) < 4.78 is 5.13. The highest BCUT2D eigenvalue weighted by Crippen LogP contribution is 2.31. The average molecular weight is 267 g/mol. The number of likely N-dealkylation sites (tertiary alicyclic amines) is 1. The maximum atomic E-state index is 12.7. The standard InChI is InChI=1S/C16H13NO3/c18-15(17-9-11-8-14(17)16(19)20-11)13-7-3-5-10-4-1-2-6-12(10)13/h1-7,11,14H,8-9H2. The number of carbonyl (C=O) groups excluding carboxylic acids is 2. The van der Waals surface area contributed by atoms with E-state index in [1.807, 2.05) is 42.5 Å². The van der Waals surface area contributed by atoms with Gasteiger partial charge in [0.15, 0.2) is 0 Å². The Hall–Kier alpha value is -2.36. The second-order valence-corrected chi connectivity index (χ2v) is 5.29. The van der Waals surface area contributed by atoms with Crippen molar-refractivity contribution in [2.45, 2.75) is 18.6 Å². The molecule has 0 saturated carbocycles. The maximum absolute atomic E-state index is 12.7. The van der Waals surface area contributed by atoms with Crippen LogP contribution in [0.5, 0.6) is 0 Å². The topological polar surface area (TPSA) is 46.6 Å². The summed E-state index contributed by atoms with van der Waals surface area (Å²) in [7, 11) is 0. The fraction of sp³-hybridized carbons (Fsp3) is 0.250. The summed E-state index contributed by atoms with van der Waals surface area (Å²) in [6.07, 6.45) is 0.515. The molecule has 0 aliphatic carbocycles. The van der Waals surface area contributed by atoms with Gasteiger partial charge < -0.3 is 9.64 Å².